The molecule has 1 aromatic carbocycles. The molecule has 1 aromatic heterocycles. The molecular weight excluding hydrogens is 513 g/mol. The van der Waals surface area contributed by atoms with Crippen molar-refractivity contribution in [2.24, 2.45) is 4.99 Å². The molecule has 0 saturated carbocycles. The van der Waals surface area contributed by atoms with Gasteiger partial charge in [0.25, 0.3) is 0 Å². The largest absolute Gasteiger partial charge is 0.443 e. The van der Waals surface area contributed by atoms with Gasteiger partial charge >= 0.3 is 0 Å². The second-order valence-corrected chi connectivity index (χ2v) is 9.92. The number of rotatable bonds is 6. The van der Waals surface area contributed by atoms with Crippen LogP contribution in [0.3, 0.4) is 0 Å². The minimum Gasteiger partial charge on any atom is -0.443 e. The number of guanidine groups is 1. The Kier molecular flexibility index (Phi) is 8.61. The van der Waals surface area contributed by atoms with Gasteiger partial charge in [-0.05, 0) is 38.2 Å². The van der Waals surface area contributed by atoms with Gasteiger partial charge in [-0.2, -0.15) is 0 Å². The minimum absolute atomic E-state index is 0. The van der Waals surface area contributed by atoms with E-state index in [1.54, 1.807) is 0 Å². The standard InChI is InChI=1S/C25H37N5O.HI/c1-5-26-24(28-16-23-27-15-22(31-23)25(2,3)4)29-19-13-20-11-12-21(14-19)30(20)17-18-9-7-6-8-10-18;/h6-10,15,19-21H,5,11-14,16-17H2,1-4H3,(H2,26,28,29);1H. The lowest BCUT2D eigenvalue weighted by Gasteiger charge is -2.39. The van der Waals surface area contributed by atoms with E-state index in [1.165, 1.54) is 31.2 Å². The average Bonchev–Trinajstić information content (AvgIpc) is 3.30. The maximum Gasteiger partial charge on any atom is 0.216 e. The summed E-state index contributed by atoms with van der Waals surface area (Å²) in [5.74, 6) is 2.43. The number of hydrogen-bond donors (Lipinski definition) is 2. The van der Waals surface area contributed by atoms with E-state index in [9.17, 15) is 0 Å². The SMILES string of the molecule is CCNC(=NCc1ncc(C(C)(C)C)o1)NC1CC2CCC(C1)N2Cc1ccccc1.I. The van der Waals surface area contributed by atoms with Crippen LogP contribution in [0.4, 0.5) is 0 Å². The van der Waals surface area contributed by atoms with Crippen molar-refractivity contribution in [2.75, 3.05) is 6.54 Å². The van der Waals surface area contributed by atoms with Gasteiger partial charge < -0.3 is 15.1 Å². The molecule has 32 heavy (non-hydrogen) atoms. The van der Waals surface area contributed by atoms with Crippen molar-refractivity contribution >= 4 is 29.9 Å². The number of fused-ring (bicyclic) bond motifs is 2. The summed E-state index contributed by atoms with van der Waals surface area (Å²) in [5.41, 5.74) is 1.38. The van der Waals surface area contributed by atoms with Gasteiger partial charge in [0.1, 0.15) is 12.3 Å². The highest BCUT2D eigenvalue weighted by Gasteiger charge is 2.40. The molecular formula is C25H38IN5O. The van der Waals surface area contributed by atoms with Crippen LogP contribution in [0.5, 0.6) is 0 Å². The molecule has 7 heteroatoms. The summed E-state index contributed by atoms with van der Waals surface area (Å²) in [6.45, 7) is 10.8. The molecule has 0 radical (unpaired) electrons. The summed E-state index contributed by atoms with van der Waals surface area (Å²) < 4.78 is 5.90. The molecule has 6 nitrogen and oxygen atoms in total. The molecule has 4 rings (SSSR count). The fourth-order valence-corrected chi connectivity index (χ4v) is 4.83. The third-order valence-corrected chi connectivity index (χ3v) is 6.44. The van der Waals surface area contributed by atoms with Crippen molar-refractivity contribution in [2.45, 2.75) is 90.0 Å². The molecule has 2 aliphatic rings. The van der Waals surface area contributed by atoms with Crippen LogP contribution in [0, 0.1) is 0 Å². The van der Waals surface area contributed by atoms with E-state index in [0.717, 1.165) is 24.8 Å². The Labute approximate surface area is 209 Å². The van der Waals surface area contributed by atoms with Crippen LogP contribution in [0.1, 0.15) is 70.6 Å². The molecule has 2 atom stereocenters. The molecule has 2 aliphatic heterocycles. The lowest BCUT2D eigenvalue weighted by Crippen LogP contribution is -2.52. The second kappa shape index (κ2) is 11.0. The van der Waals surface area contributed by atoms with Crippen LogP contribution in [0.15, 0.2) is 45.9 Å². The molecule has 176 valence electrons. The van der Waals surface area contributed by atoms with E-state index in [0.29, 0.717) is 30.6 Å². The number of benzene rings is 1. The third-order valence-electron chi connectivity index (χ3n) is 6.44. The van der Waals surface area contributed by atoms with Crippen molar-refractivity contribution < 1.29 is 4.42 Å². The van der Waals surface area contributed by atoms with Crippen LogP contribution < -0.4 is 10.6 Å². The Morgan fingerprint density at radius 3 is 2.44 bits per heavy atom. The first-order valence-electron chi connectivity index (χ1n) is 11.7. The van der Waals surface area contributed by atoms with Crippen molar-refractivity contribution in [1.82, 2.24) is 20.5 Å². The van der Waals surface area contributed by atoms with Gasteiger partial charge in [-0.1, -0.05) is 51.1 Å². The van der Waals surface area contributed by atoms with Crippen LogP contribution >= 0.6 is 24.0 Å². The number of aliphatic imine (C=N–C) groups is 1. The lowest BCUT2D eigenvalue weighted by molar-refractivity contribution is 0.114. The van der Waals surface area contributed by atoms with E-state index in [1.807, 2.05) is 6.20 Å². The molecule has 3 heterocycles. The molecule has 2 fully saturated rings. The molecule has 2 bridgehead atoms. The monoisotopic (exact) mass is 551 g/mol. The number of nitrogens with one attached hydrogen (secondary N) is 2. The summed E-state index contributed by atoms with van der Waals surface area (Å²) in [5, 5.41) is 7.09. The first-order chi connectivity index (χ1) is 14.9. The third kappa shape index (κ3) is 6.25. The van der Waals surface area contributed by atoms with Crippen LogP contribution in [-0.4, -0.2) is 40.5 Å². The second-order valence-electron chi connectivity index (χ2n) is 9.92. The topological polar surface area (TPSA) is 65.7 Å². The zero-order valence-electron chi connectivity index (χ0n) is 19.8. The van der Waals surface area contributed by atoms with Gasteiger partial charge in [0.05, 0.1) is 6.20 Å². The van der Waals surface area contributed by atoms with Gasteiger partial charge in [0.2, 0.25) is 5.89 Å². The first kappa shape index (κ1) is 25.0. The molecule has 2 N–H and O–H groups in total. The zero-order valence-corrected chi connectivity index (χ0v) is 22.1. The number of halogens is 1. The number of oxazole rings is 1. The Morgan fingerprint density at radius 2 is 1.84 bits per heavy atom. The Bertz CT molecular complexity index is 862. The molecule has 0 spiro atoms. The molecule has 0 aliphatic carbocycles. The Hall–Kier alpha value is -1.61. The number of hydrogen-bond acceptors (Lipinski definition) is 4. The molecule has 2 saturated heterocycles. The highest BCUT2D eigenvalue weighted by Crippen LogP contribution is 2.36. The minimum atomic E-state index is -0.0370. The fraction of sp³-hybridized carbons (Fsp3) is 0.600. The van der Waals surface area contributed by atoms with E-state index < -0.39 is 0 Å². The smallest absolute Gasteiger partial charge is 0.216 e. The van der Waals surface area contributed by atoms with Crippen LogP contribution in [-0.2, 0) is 18.5 Å². The van der Waals surface area contributed by atoms with Crippen molar-refractivity contribution in [1.29, 1.82) is 0 Å². The van der Waals surface area contributed by atoms with E-state index in [-0.39, 0.29) is 29.4 Å². The Balaban J connectivity index is 0.00000289. The molecule has 2 aromatic rings. The fourth-order valence-electron chi connectivity index (χ4n) is 4.83. The molecule has 2 unspecified atom stereocenters. The van der Waals surface area contributed by atoms with E-state index in [2.05, 4.69) is 78.5 Å². The summed E-state index contributed by atoms with van der Waals surface area (Å²) in [7, 11) is 0. The maximum absolute atomic E-state index is 5.90. The summed E-state index contributed by atoms with van der Waals surface area (Å²) in [6.07, 6.45) is 6.76. The van der Waals surface area contributed by atoms with Crippen molar-refractivity contribution in [3.8, 4) is 0 Å². The number of piperidine rings is 1. The Morgan fingerprint density at radius 1 is 1.16 bits per heavy atom. The highest BCUT2D eigenvalue weighted by molar-refractivity contribution is 14.0. The summed E-state index contributed by atoms with van der Waals surface area (Å²) in [4.78, 5) is 11.9. The van der Waals surface area contributed by atoms with Crippen LogP contribution in [0.25, 0.3) is 0 Å². The van der Waals surface area contributed by atoms with Gasteiger partial charge in [-0.15, -0.1) is 24.0 Å². The number of aromatic nitrogens is 1. The lowest BCUT2D eigenvalue weighted by atomic mass is 9.94. The van der Waals surface area contributed by atoms with Gasteiger partial charge in [-0.3, -0.25) is 4.90 Å². The summed E-state index contributed by atoms with van der Waals surface area (Å²) >= 11 is 0. The predicted molar refractivity (Wildman–Crippen MR) is 140 cm³/mol. The van der Waals surface area contributed by atoms with Crippen molar-refractivity contribution in [3.63, 3.8) is 0 Å². The van der Waals surface area contributed by atoms with Gasteiger partial charge in [0, 0.05) is 36.6 Å². The van der Waals surface area contributed by atoms with Gasteiger partial charge in [0.15, 0.2) is 5.96 Å². The van der Waals surface area contributed by atoms with Crippen molar-refractivity contribution in [3.05, 3.63) is 53.7 Å². The maximum atomic E-state index is 5.90. The highest BCUT2D eigenvalue weighted by atomic mass is 127. The summed E-state index contributed by atoms with van der Waals surface area (Å²) in [6, 6.07) is 12.6. The zero-order chi connectivity index (χ0) is 21.8. The number of nitrogens with zero attached hydrogens (tertiary/aromatic N) is 3. The van der Waals surface area contributed by atoms with Crippen LogP contribution in [0.2, 0.25) is 0 Å². The van der Waals surface area contributed by atoms with Gasteiger partial charge in [-0.25, -0.2) is 9.98 Å². The average molecular weight is 552 g/mol. The quantitative estimate of drug-likeness (QED) is 0.306. The first-order valence-corrected chi connectivity index (χ1v) is 11.7. The van der Waals surface area contributed by atoms with E-state index in [4.69, 9.17) is 9.41 Å². The molecule has 0 amide bonds. The normalized spacial score (nSPS) is 23.6. The predicted octanol–water partition coefficient (Wildman–Crippen LogP) is 4.84. The van der Waals surface area contributed by atoms with E-state index >= 15 is 0 Å².